The van der Waals surface area contributed by atoms with Crippen molar-refractivity contribution in [3.05, 3.63) is 35.9 Å². The highest BCUT2D eigenvalue weighted by molar-refractivity contribution is 5.57. The van der Waals surface area contributed by atoms with E-state index in [2.05, 4.69) is 28.0 Å². The van der Waals surface area contributed by atoms with Gasteiger partial charge in [-0.2, -0.15) is 0 Å². The Morgan fingerprint density at radius 1 is 1.20 bits per heavy atom. The number of methoxy groups -OCH3 is 1. The van der Waals surface area contributed by atoms with Crippen molar-refractivity contribution < 1.29 is 9.84 Å². The van der Waals surface area contributed by atoms with E-state index in [4.69, 9.17) is 4.74 Å². The highest BCUT2D eigenvalue weighted by Gasteiger charge is 2.32. The molecule has 1 atom stereocenters. The van der Waals surface area contributed by atoms with Crippen LogP contribution in [0, 0.1) is 0 Å². The summed E-state index contributed by atoms with van der Waals surface area (Å²) in [5.41, 5.74) is 1.13. The minimum absolute atomic E-state index is 0.290. The zero-order chi connectivity index (χ0) is 17.5. The average molecular weight is 344 g/mol. The molecule has 0 aromatic heterocycles. The Morgan fingerprint density at radius 3 is 2.76 bits per heavy atom. The molecule has 0 amide bonds. The minimum atomic E-state index is 0.290. The highest BCUT2D eigenvalue weighted by atomic mass is 16.5. The molecule has 3 rings (SSSR count). The van der Waals surface area contributed by atoms with Crippen molar-refractivity contribution in [2.24, 2.45) is 0 Å². The fraction of sp³-hybridized carbons (Fsp3) is 0.619. The Labute approximate surface area is 152 Å². The van der Waals surface area contributed by atoms with Crippen LogP contribution in [0.1, 0.15) is 37.7 Å². The van der Waals surface area contributed by atoms with Crippen LogP contribution in [0.4, 0.5) is 0 Å². The first-order valence-electron chi connectivity index (χ1n) is 9.70. The summed E-state index contributed by atoms with van der Waals surface area (Å²) in [4.78, 5) is 5.20. The van der Waals surface area contributed by atoms with Crippen LogP contribution >= 0.6 is 0 Å². The number of rotatable bonds is 7. The molecule has 2 fully saturated rings. The van der Waals surface area contributed by atoms with Crippen LogP contribution in [-0.4, -0.2) is 66.9 Å². The standard InChI is InChI=1S/C21H32N2O2/c1-25-21-11-5-2-7-18(21)8-6-13-22-14-15-23(19-9-3-4-10-19)20(17-22)12-16-24/h2,5-8,11,19-20,24H,3-4,9-10,12-17H2,1H3/b8-6+/t20-/m1/s1. The molecule has 1 heterocycles. The maximum atomic E-state index is 9.47. The third-order valence-electron chi connectivity index (χ3n) is 5.67. The Hall–Kier alpha value is -1.36. The van der Waals surface area contributed by atoms with Crippen LogP contribution in [0.3, 0.4) is 0 Å². The van der Waals surface area contributed by atoms with Gasteiger partial charge in [0.05, 0.1) is 7.11 Å². The first-order chi connectivity index (χ1) is 12.3. The van der Waals surface area contributed by atoms with Crippen molar-refractivity contribution in [2.45, 2.75) is 44.2 Å². The molecule has 0 radical (unpaired) electrons. The molecule has 1 saturated heterocycles. The van der Waals surface area contributed by atoms with Gasteiger partial charge in [-0.05, 0) is 25.3 Å². The maximum absolute atomic E-state index is 9.47. The summed E-state index contributed by atoms with van der Waals surface area (Å²) >= 11 is 0. The lowest BCUT2D eigenvalue weighted by Crippen LogP contribution is -2.56. The molecule has 0 bridgehead atoms. The van der Waals surface area contributed by atoms with Crippen LogP contribution in [0.25, 0.3) is 6.08 Å². The van der Waals surface area contributed by atoms with Crippen LogP contribution in [0.5, 0.6) is 5.75 Å². The van der Waals surface area contributed by atoms with Gasteiger partial charge in [-0.25, -0.2) is 0 Å². The number of hydrogen-bond donors (Lipinski definition) is 1. The quantitative estimate of drug-likeness (QED) is 0.825. The predicted octanol–water partition coefficient (Wildman–Crippen LogP) is 3.02. The van der Waals surface area contributed by atoms with E-state index < -0.39 is 0 Å². The van der Waals surface area contributed by atoms with E-state index in [1.54, 1.807) is 7.11 Å². The topological polar surface area (TPSA) is 35.9 Å². The van der Waals surface area contributed by atoms with E-state index in [9.17, 15) is 5.11 Å². The molecule has 2 aliphatic rings. The number of piperazine rings is 1. The van der Waals surface area contributed by atoms with E-state index in [1.165, 1.54) is 25.7 Å². The van der Waals surface area contributed by atoms with Gasteiger partial charge in [0.1, 0.15) is 5.75 Å². The van der Waals surface area contributed by atoms with E-state index >= 15 is 0 Å². The van der Waals surface area contributed by atoms with Crippen molar-refractivity contribution >= 4 is 6.08 Å². The lowest BCUT2D eigenvalue weighted by molar-refractivity contribution is 0.0347. The number of nitrogens with zero attached hydrogens (tertiary/aromatic N) is 2. The number of para-hydroxylation sites is 1. The van der Waals surface area contributed by atoms with Gasteiger partial charge >= 0.3 is 0 Å². The van der Waals surface area contributed by atoms with E-state index in [0.717, 1.165) is 50.0 Å². The number of aliphatic hydroxyl groups is 1. The van der Waals surface area contributed by atoms with Crippen molar-refractivity contribution in [3.8, 4) is 5.75 Å². The Morgan fingerprint density at radius 2 is 2.00 bits per heavy atom. The Bertz CT molecular complexity index is 555. The monoisotopic (exact) mass is 344 g/mol. The Balaban J connectivity index is 1.56. The molecule has 4 heteroatoms. The second-order valence-electron chi connectivity index (χ2n) is 7.25. The summed E-state index contributed by atoms with van der Waals surface area (Å²) < 4.78 is 5.41. The zero-order valence-corrected chi connectivity index (χ0v) is 15.4. The van der Waals surface area contributed by atoms with Crippen LogP contribution in [-0.2, 0) is 0 Å². The Kier molecular flexibility index (Phi) is 6.91. The second kappa shape index (κ2) is 9.37. The summed E-state index contributed by atoms with van der Waals surface area (Å²) in [5, 5.41) is 9.47. The third kappa shape index (κ3) is 4.84. The summed E-state index contributed by atoms with van der Waals surface area (Å²) in [6.45, 7) is 4.57. The van der Waals surface area contributed by atoms with Gasteiger partial charge in [0.2, 0.25) is 0 Å². The molecule has 0 unspecified atom stereocenters. The van der Waals surface area contributed by atoms with Crippen molar-refractivity contribution in [1.82, 2.24) is 9.80 Å². The molecule has 1 aliphatic heterocycles. The summed E-state index contributed by atoms with van der Waals surface area (Å²) in [7, 11) is 1.72. The van der Waals surface area contributed by atoms with Gasteiger partial charge in [0, 0.05) is 50.4 Å². The van der Waals surface area contributed by atoms with Gasteiger partial charge in [0.25, 0.3) is 0 Å². The van der Waals surface area contributed by atoms with Crippen LogP contribution in [0.15, 0.2) is 30.3 Å². The van der Waals surface area contributed by atoms with Gasteiger partial charge in [-0.1, -0.05) is 43.2 Å². The fourth-order valence-corrected chi connectivity index (χ4v) is 4.36. The number of ether oxygens (including phenoxy) is 1. The molecular weight excluding hydrogens is 312 g/mol. The summed E-state index contributed by atoms with van der Waals surface area (Å²) in [6, 6.07) is 9.38. The van der Waals surface area contributed by atoms with E-state index in [-0.39, 0.29) is 0 Å². The first kappa shape index (κ1) is 18.4. The molecule has 1 saturated carbocycles. The van der Waals surface area contributed by atoms with Gasteiger partial charge in [0.15, 0.2) is 0 Å². The molecule has 1 aliphatic carbocycles. The number of hydrogen-bond acceptors (Lipinski definition) is 4. The smallest absolute Gasteiger partial charge is 0.126 e. The van der Waals surface area contributed by atoms with E-state index in [0.29, 0.717) is 12.6 Å². The molecule has 1 aromatic rings. The average Bonchev–Trinajstić information content (AvgIpc) is 3.17. The predicted molar refractivity (Wildman–Crippen MR) is 103 cm³/mol. The SMILES string of the molecule is COc1ccccc1/C=C/CN1CCN(C2CCCC2)[C@H](CCO)C1. The minimum Gasteiger partial charge on any atom is -0.496 e. The number of aliphatic hydroxyl groups excluding tert-OH is 1. The molecule has 0 spiro atoms. The van der Waals surface area contributed by atoms with Crippen molar-refractivity contribution in [3.63, 3.8) is 0 Å². The largest absolute Gasteiger partial charge is 0.496 e. The van der Waals surface area contributed by atoms with Crippen molar-refractivity contribution in [1.29, 1.82) is 0 Å². The third-order valence-corrected chi connectivity index (χ3v) is 5.67. The van der Waals surface area contributed by atoms with Crippen LogP contribution in [0.2, 0.25) is 0 Å². The lowest BCUT2D eigenvalue weighted by Gasteiger charge is -2.44. The van der Waals surface area contributed by atoms with E-state index in [1.807, 2.05) is 18.2 Å². The maximum Gasteiger partial charge on any atom is 0.126 e. The number of benzene rings is 1. The molecular formula is C21H32N2O2. The van der Waals surface area contributed by atoms with Gasteiger partial charge < -0.3 is 9.84 Å². The lowest BCUT2D eigenvalue weighted by atomic mass is 10.0. The molecule has 1 N–H and O–H groups in total. The molecule has 138 valence electrons. The van der Waals surface area contributed by atoms with Crippen LogP contribution < -0.4 is 4.74 Å². The second-order valence-corrected chi connectivity index (χ2v) is 7.25. The normalized spacial score (nSPS) is 23.5. The summed E-state index contributed by atoms with van der Waals surface area (Å²) in [5.74, 6) is 0.919. The molecule has 4 nitrogen and oxygen atoms in total. The first-order valence-corrected chi connectivity index (χ1v) is 9.70. The van der Waals surface area contributed by atoms with Gasteiger partial charge in [-0.15, -0.1) is 0 Å². The molecule has 1 aromatic carbocycles. The van der Waals surface area contributed by atoms with Crippen molar-refractivity contribution in [2.75, 3.05) is 39.9 Å². The van der Waals surface area contributed by atoms with Gasteiger partial charge in [-0.3, -0.25) is 9.80 Å². The fourth-order valence-electron chi connectivity index (χ4n) is 4.36. The highest BCUT2D eigenvalue weighted by Crippen LogP contribution is 2.28. The summed E-state index contributed by atoms with van der Waals surface area (Å²) in [6.07, 6.45) is 10.7. The zero-order valence-electron chi connectivity index (χ0n) is 15.4. The molecule has 25 heavy (non-hydrogen) atoms.